The van der Waals surface area contributed by atoms with Gasteiger partial charge in [-0.2, -0.15) is 0 Å². The number of nitrogens with zero attached hydrogens (tertiary/aromatic N) is 5. The van der Waals surface area contributed by atoms with Crippen LogP contribution in [0, 0.1) is 0 Å². The van der Waals surface area contributed by atoms with Crippen LogP contribution in [0.1, 0.15) is 37.5 Å². The van der Waals surface area contributed by atoms with Gasteiger partial charge in [-0.25, -0.2) is 14.8 Å². The Bertz CT molecular complexity index is 1430. The van der Waals surface area contributed by atoms with Crippen molar-refractivity contribution in [3.8, 4) is 11.3 Å². The van der Waals surface area contributed by atoms with Crippen molar-refractivity contribution in [2.75, 3.05) is 5.32 Å². The standard InChI is InChI=1S/C23H26N6O3S/c1-14(2)19-17(15-9-6-5-7-10-15)26-22(33-19)25-16(30)11-8-12-29-13-24-20-18(29)21(31)28(4)23(32)27(20)3/h5-7,9-10,13-14H,8,11-12H2,1-4H3,(H,25,26,30). The maximum Gasteiger partial charge on any atom is 0.332 e. The number of aromatic nitrogens is 5. The first kappa shape index (κ1) is 22.7. The van der Waals surface area contributed by atoms with Crippen molar-refractivity contribution >= 4 is 33.5 Å². The molecule has 0 radical (unpaired) electrons. The topological polar surface area (TPSA) is 104 Å². The average Bonchev–Trinajstić information content (AvgIpc) is 3.41. The Balaban J connectivity index is 1.45. The fourth-order valence-corrected chi connectivity index (χ4v) is 4.74. The maximum atomic E-state index is 12.6. The van der Waals surface area contributed by atoms with E-state index < -0.39 is 11.2 Å². The summed E-state index contributed by atoms with van der Waals surface area (Å²) in [6.07, 6.45) is 2.31. The van der Waals surface area contributed by atoms with Crippen LogP contribution in [-0.2, 0) is 25.4 Å². The molecule has 1 N–H and O–H groups in total. The van der Waals surface area contributed by atoms with Crippen molar-refractivity contribution in [2.24, 2.45) is 14.1 Å². The molecule has 0 spiro atoms. The van der Waals surface area contributed by atoms with Crippen molar-refractivity contribution in [1.82, 2.24) is 23.7 Å². The third-order valence-electron chi connectivity index (χ3n) is 5.49. The number of anilines is 1. The van der Waals surface area contributed by atoms with Gasteiger partial charge in [0.05, 0.1) is 12.0 Å². The number of benzene rings is 1. The van der Waals surface area contributed by atoms with Crippen LogP contribution < -0.4 is 16.6 Å². The monoisotopic (exact) mass is 466 g/mol. The Hall–Kier alpha value is -3.53. The van der Waals surface area contributed by atoms with Gasteiger partial charge in [0.25, 0.3) is 5.56 Å². The quantitative estimate of drug-likeness (QED) is 0.451. The van der Waals surface area contributed by atoms with E-state index in [0.717, 1.165) is 20.7 Å². The van der Waals surface area contributed by atoms with Gasteiger partial charge in [0, 0.05) is 37.5 Å². The molecule has 0 fully saturated rings. The van der Waals surface area contributed by atoms with Crippen LogP contribution in [0.2, 0.25) is 0 Å². The molecule has 33 heavy (non-hydrogen) atoms. The van der Waals surface area contributed by atoms with Crippen LogP contribution >= 0.6 is 11.3 Å². The second kappa shape index (κ2) is 9.14. The van der Waals surface area contributed by atoms with Crippen LogP contribution in [0.25, 0.3) is 22.4 Å². The molecule has 1 amide bonds. The van der Waals surface area contributed by atoms with E-state index in [1.165, 1.54) is 29.3 Å². The summed E-state index contributed by atoms with van der Waals surface area (Å²) in [6, 6.07) is 9.95. The van der Waals surface area contributed by atoms with Crippen molar-refractivity contribution in [3.05, 3.63) is 62.4 Å². The van der Waals surface area contributed by atoms with E-state index in [2.05, 4.69) is 29.1 Å². The van der Waals surface area contributed by atoms with Gasteiger partial charge in [-0.1, -0.05) is 44.2 Å². The van der Waals surface area contributed by atoms with Gasteiger partial charge in [0.2, 0.25) is 5.91 Å². The number of amides is 1. The lowest BCUT2D eigenvalue weighted by Crippen LogP contribution is -2.37. The van der Waals surface area contributed by atoms with E-state index in [1.807, 2.05) is 30.3 Å². The van der Waals surface area contributed by atoms with Crippen molar-refractivity contribution < 1.29 is 4.79 Å². The fraction of sp³-hybridized carbons (Fsp3) is 0.348. The number of rotatable bonds is 7. The first-order chi connectivity index (χ1) is 15.8. The third kappa shape index (κ3) is 4.38. The molecular weight excluding hydrogens is 440 g/mol. The molecule has 0 unspecified atom stereocenters. The molecular formula is C23H26N6O3S. The second-order valence-electron chi connectivity index (χ2n) is 8.22. The molecule has 0 aliphatic rings. The number of carbonyl (C=O) groups excluding carboxylic acids is 1. The van der Waals surface area contributed by atoms with Gasteiger partial charge in [0.15, 0.2) is 16.3 Å². The first-order valence-corrected chi connectivity index (χ1v) is 11.6. The summed E-state index contributed by atoms with van der Waals surface area (Å²) in [5, 5.41) is 3.50. The molecule has 0 aliphatic carbocycles. The summed E-state index contributed by atoms with van der Waals surface area (Å²) in [5.74, 6) is 0.153. The predicted octanol–water partition coefficient (Wildman–Crippen LogP) is 3.10. The molecule has 0 bridgehead atoms. The van der Waals surface area contributed by atoms with E-state index in [-0.39, 0.29) is 18.2 Å². The van der Waals surface area contributed by atoms with Gasteiger partial charge in [-0.05, 0) is 12.3 Å². The summed E-state index contributed by atoms with van der Waals surface area (Å²) < 4.78 is 4.10. The average molecular weight is 467 g/mol. The largest absolute Gasteiger partial charge is 0.332 e. The number of nitrogens with one attached hydrogen (secondary N) is 1. The van der Waals surface area contributed by atoms with Gasteiger partial charge in [-0.3, -0.25) is 18.7 Å². The van der Waals surface area contributed by atoms with E-state index in [1.54, 1.807) is 11.6 Å². The molecule has 172 valence electrons. The number of aryl methyl sites for hydroxylation is 2. The molecule has 3 aromatic heterocycles. The zero-order valence-corrected chi connectivity index (χ0v) is 19.8. The lowest BCUT2D eigenvalue weighted by Gasteiger charge is -2.06. The Kier molecular flexibility index (Phi) is 6.28. The Labute approximate surface area is 194 Å². The Morgan fingerprint density at radius 3 is 2.55 bits per heavy atom. The third-order valence-corrected chi connectivity index (χ3v) is 6.76. The first-order valence-electron chi connectivity index (χ1n) is 10.7. The number of fused-ring (bicyclic) bond motifs is 1. The number of hydrogen-bond acceptors (Lipinski definition) is 6. The van der Waals surface area contributed by atoms with E-state index in [4.69, 9.17) is 0 Å². The van der Waals surface area contributed by atoms with Crippen LogP contribution in [0.4, 0.5) is 5.13 Å². The van der Waals surface area contributed by atoms with E-state index >= 15 is 0 Å². The van der Waals surface area contributed by atoms with Crippen LogP contribution in [0.5, 0.6) is 0 Å². The minimum atomic E-state index is -0.420. The lowest BCUT2D eigenvalue weighted by atomic mass is 10.1. The molecule has 4 aromatic rings. The summed E-state index contributed by atoms with van der Waals surface area (Å²) >= 11 is 1.50. The number of hydrogen-bond donors (Lipinski definition) is 1. The molecule has 10 heteroatoms. The molecule has 3 heterocycles. The van der Waals surface area contributed by atoms with Gasteiger partial charge in [-0.15, -0.1) is 11.3 Å². The predicted molar refractivity (Wildman–Crippen MR) is 130 cm³/mol. The minimum Gasteiger partial charge on any atom is -0.325 e. The fourth-order valence-electron chi connectivity index (χ4n) is 3.74. The van der Waals surface area contributed by atoms with Crippen LogP contribution in [-0.4, -0.2) is 29.6 Å². The number of carbonyl (C=O) groups is 1. The van der Waals surface area contributed by atoms with Crippen LogP contribution in [0.15, 0.2) is 46.2 Å². The highest BCUT2D eigenvalue weighted by atomic mass is 32.1. The molecule has 0 aliphatic heterocycles. The summed E-state index contributed by atoms with van der Waals surface area (Å²) in [4.78, 5) is 47.2. The Morgan fingerprint density at radius 1 is 1.12 bits per heavy atom. The smallest absolute Gasteiger partial charge is 0.325 e. The summed E-state index contributed by atoms with van der Waals surface area (Å²) in [7, 11) is 3.02. The van der Waals surface area contributed by atoms with Gasteiger partial charge < -0.3 is 9.88 Å². The molecule has 9 nitrogen and oxygen atoms in total. The summed E-state index contributed by atoms with van der Waals surface area (Å²) in [6.45, 7) is 4.66. The normalized spacial score (nSPS) is 11.4. The van der Waals surface area contributed by atoms with Crippen molar-refractivity contribution in [1.29, 1.82) is 0 Å². The molecule has 4 rings (SSSR count). The highest BCUT2D eigenvalue weighted by Gasteiger charge is 2.18. The number of thiazole rings is 1. The van der Waals surface area contributed by atoms with Crippen molar-refractivity contribution in [2.45, 2.75) is 39.2 Å². The van der Waals surface area contributed by atoms with Crippen LogP contribution in [0.3, 0.4) is 0 Å². The van der Waals surface area contributed by atoms with E-state index in [9.17, 15) is 14.4 Å². The zero-order chi connectivity index (χ0) is 23.7. The minimum absolute atomic E-state index is 0.136. The second-order valence-corrected chi connectivity index (χ2v) is 9.25. The molecule has 1 aromatic carbocycles. The molecule has 0 saturated heterocycles. The SMILES string of the molecule is CC(C)c1sc(NC(=O)CCCn2cnc3c2c(=O)n(C)c(=O)n3C)nc1-c1ccccc1. The summed E-state index contributed by atoms with van der Waals surface area (Å²) in [5.41, 5.74) is 1.81. The molecule has 0 saturated carbocycles. The van der Waals surface area contributed by atoms with E-state index in [0.29, 0.717) is 29.3 Å². The molecule has 0 atom stereocenters. The zero-order valence-electron chi connectivity index (χ0n) is 19.0. The van der Waals surface area contributed by atoms with Gasteiger partial charge in [0.1, 0.15) is 0 Å². The van der Waals surface area contributed by atoms with Crippen molar-refractivity contribution in [3.63, 3.8) is 0 Å². The highest BCUT2D eigenvalue weighted by molar-refractivity contribution is 7.16. The number of imidazole rings is 1. The Morgan fingerprint density at radius 2 is 1.85 bits per heavy atom. The maximum absolute atomic E-state index is 12.6. The lowest BCUT2D eigenvalue weighted by molar-refractivity contribution is -0.116. The van der Waals surface area contributed by atoms with Gasteiger partial charge >= 0.3 is 5.69 Å². The highest BCUT2D eigenvalue weighted by Crippen LogP contribution is 2.36.